The first-order valence-corrected chi connectivity index (χ1v) is 10.0. The van der Waals surface area contributed by atoms with Crippen LogP contribution in [-0.2, 0) is 11.8 Å². The van der Waals surface area contributed by atoms with Gasteiger partial charge in [-0.05, 0) is 32.9 Å². The lowest BCUT2D eigenvalue weighted by Crippen LogP contribution is -2.55. The van der Waals surface area contributed by atoms with Crippen molar-refractivity contribution in [2.45, 2.75) is 26.9 Å². The number of benzene rings is 1. The van der Waals surface area contributed by atoms with Crippen molar-refractivity contribution in [3.05, 3.63) is 42.2 Å². The van der Waals surface area contributed by atoms with E-state index in [9.17, 15) is 4.79 Å². The molecule has 1 amide bonds. The predicted octanol–water partition coefficient (Wildman–Crippen LogP) is 2.43. The van der Waals surface area contributed by atoms with E-state index in [4.69, 9.17) is 9.73 Å². The van der Waals surface area contributed by atoms with Crippen molar-refractivity contribution < 1.29 is 9.53 Å². The van der Waals surface area contributed by atoms with Gasteiger partial charge in [0.1, 0.15) is 18.4 Å². The molecule has 3 rings (SSSR count). The van der Waals surface area contributed by atoms with Crippen LogP contribution in [-0.4, -0.2) is 65.4 Å². The molecule has 0 aliphatic carbocycles. The molecule has 2 aromatic rings. The van der Waals surface area contributed by atoms with Crippen LogP contribution in [0.1, 0.15) is 19.4 Å². The highest BCUT2D eigenvalue weighted by molar-refractivity contribution is 14.0. The molecule has 0 bridgehead atoms. The van der Waals surface area contributed by atoms with Crippen molar-refractivity contribution in [2.75, 3.05) is 37.6 Å². The summed E-state index contributed by atoms with van der Waals surface area (Å²) in [6.45, 7) is 8.91. The Hall–Kier alpha value is -2.30. The number of hydrogen-bond acceptors (Lipinski definition) is 4. The number of amides is 1. The molecular formula is C21H31IN6O2. The van der Waals surface area contributed by atoms with Crippen molar-refractivity contribution >= 4 is 41.5 Å². The fraction of sp³-hybridized carbons (Fsp3) is 0.476. The zero-order valence-electron chi connectivity index (χ0n) is 18.0. The van der Waals surface area contributed by atoms with E-state index in [-0.39, 0.29) is 42.5 Å². The van der Waals surface area contributed by atoms with Gasteiger partial charge in [0.05, 0.1) is 18.4 Å². The summed E-state index contributed by atoms with van der Waals surface area (Å²) in [4.78, 5) is 21.1. The quantitative estimate of drug-likeness (QED) is 0.356. The van der Waals surface area contributed by atoms with Crippen molar-refractivity contribution in [1.82, 2.24) is 20.0 Å². The van der Waals surface area contributed by atoms with Crippen LogP contribution in [0.5, 0.6) is 5.75 Å². The van der Waals surface area contributed by atoms with Crippen molar-refractivity contribution in [2.24, 2.45) is 12.0 Å². The third-order valence-corrected chi connectivity index (χ3v) is 4.71. The number of aliphatic imine (C=N–C) groups is 1. The maximum absolute atomic E-state index is 12.7. The van der Waals surface area contributed by atoms with Gasteiger partial charge >= 0.3 is 0 Å². The average Bonchev–Trinajstić information content (AvgIpc) is 3.13. The highest BCUT2D eigenvalue weighted by atomic mass is 127. The number of aryl methyl sites for hydroxylation is 2. The van der Waals surface area contributed by atoms with E-state index in [1.165, 1.54) is 5.56 Å². The van der Waals surface area contributed by atoms with Crippen LogP contribution < -0.4 is 15.0 Å². The maximum atomic E-state index is 12.7. The molecule has 8 nitrogen and oxygen atoms in total. The second-order valence-electron chi connectivity index (χ2n) is 7.28. The standard InChI is InChI=1S/C21H30N6O2.HI/c1-5-22-21(23-12-17(3)29-19-8-6-16(2)7-9-19)26-10-11-27(20(28)15-26)18-13-24-25(4)14-18;/h6-9,13-14,17H,5,10-12,15H2,1-4H3,(H,22,23);1H. The second kappa shape index (κ2) is 11.2. The Morgan fingerprint density at radius 3 is 2.63 bits per heavy atom. The summed E-state index contributed by atoms with van der Waals surface area (Å²) >= 11 is 0. The van der Waals surface area contributed by atoms with Crippen molar-refractivity contribution in [3.63, 3.8) is 0 Å². The number of hydrogen-bond donors (Lipinski definition) is 1. The molecule has 9 heteroatoms. The Kier molecular flexibility index (Phi) is 8.94. The van der Waals surface area contributed by atoms with Gasteiger partial charge < -0.3 is 19.9 Å². The van der Waals surface area contributed by atoms with Gasteiger partial charge in [-0.2, -0.15) is 5.10 Å². The first-order chi connectivity index (χ1) is 14.0. The smallest absolute Gasteiger partial charge is 0.246 e. The van der Waals surface area contributed by atoms with Gasteiger partial charge in [0.2, 0.25) is 5.91 Å². The van der Waals surface area contributed by atoms with E-state index in [1.807, 2.05) is 56.3 Å². The molecule has 164 valence electrons. The van der Waals surface area contributed by atoms with Crippen LogP contribution in [0.15, 0.2) is 41.7 Å². The molecule has 1 fully saturated rings. The Balaban J connectivity index is 0.00000320. The van der Waals surface area contributed by atoms with Gasteiger partial charge in [0.15, 0.2) is 5.96 Å². The highest BCUT2D eigenvalue weighted by Gasteiger charge is 2.27. The number of ether oxygens (including phenoxy) is 1. The van der Waals surface area contributed by atoms with E-state index in [2.05, 4.69) is 17.3 Å². The molecule has 2 heterocycles. The molecule has 1 aromatic carbocycles. The summed E-state index contributed by atoms with van der Waals surface area (Å²) in [5.41, 5.74) is 2.03. The summed E-state index contributed by atoms with van der Waals surface area (Å²) in [6, 6.07) is 8.00. The van der Waals surface area contributed by atoms with Crippen LogP contribution in [0.4, 0.5) is 5.69 Å². The fourth-order valence-electron chi connectivity index (χ4n) is 3.20. The summed E-state index contributed by atoms with van der Waals surface area (Å²) in [5.74, 6) is 1.62. The summed E-state index contributed by atoms with van der Waals surface area (Å²) in [5, 5.41) is 7.45. The van der Waals surface area contributed by atoms with E-state index < -0.39 is 0 Å². The number of rotatable bonds is 6. The third kappa shape index (κ3) is 6.35. The van der Waals surface area contributed by atoms with E-state index in [1.54, 1.807) is 15.8 Å². The van der Waals surface area contributed by atoms with Crippen LogP contribution in [0, 0.1) is 6.92 Å². The number of piperazine rings is 1. The van der Waals surface area contributed by atoms with E-state index >= 15 is 0 Å². The number of halogens is 1. The second-order valence-corrected chi connectivity index (χ2v) is 7.28. The van der Waals surface area contributed by atoms with Gasteiger partial charge in [-0.15, -0.1) is 24.0 Å². The molecule has 0 spiro atoms. The molecule has 1 aliphatic heterocycles. The number of aromatic nitrogens is 2. The minimum atomic E-state index is -0.0706. The molecule has 1 aromatic heterocycles. The Morgan fingerprint density at radius 2 is 2.03 bits per heavy atom. The first-order valence-electron chi connectivity index (χ1n) is 10.0. The third-order valence-electron chi connectivity index (χ3n) is 4.71. The van der Waals surface area contributed by atoms with Gasteiger partial charge in [0, 0.05) is 32.9 Å². The van der Waals surface area contributed by atoms with Gasteiger partial charge in [-0.3, -0.25) is 9.48 Å². The highest BCUT2D eigenvalue weighted by Crippen LogP contribution is 2.16. The Labute approximate surface area is 195 Å². The SMILES string of the molecule is CCNC(=NCC(C)Oc1ccc(C)cc1)N1CCN(c2cnn(C)c2)C(=O)C1.I. The molecule has 1 atom stereocenters. The summed E-state index contributed by atoms with van der Waals surface area (Å²) in [7, 11) is 1.85. The number of guanidine groups is 1. The predicted molar refractivity (Wildman–Crippen MR) is 130 cm³/mol. The van der Waals surface area contributed by atoms with Crippen LogP contribution in [0.25, 0.3) is 0 Å². The largest absolute Gasteiger partial charge is 0.489 e. The first kappa shape index (κ1) is 24.0. The lowest BCUT2D eigenvalue weighted by Gasteiger charge is -2.35. The number of carbonyl (C=O) groups excluding carboxylic acids is 1. The van der Waals surface area contributed by atoms with Crippen LogP contribution in [0.2, 0.25) is 0 Å². The Bertz CT molecular complexity index is 851. The molecule has 1 aliphatic rings. The average molecular weight is 526 g/mol. The lowest BCUT2D eigenvalue weighted by atomic mass is 10.2. The fourth-order valence-corrected chi connectivity index (χ4v) is 3.20. The molecule has 0 saturated carbocycles. The van der Waals surface area contributed by atoms with Gasteiger partial charge in [0.25, 0.3) is 0 Å². The monoisotopic (exact) mass is 526 g/mol. The number of nitrogens with zero attached hydrogens (tertiary/aromatic N) is 5. The molecular weight excluding hydrogens is 495 g/mol. The number of nitrogens with one attached hydrogen (secondary N) is 1. The summed E-state index contributed by atoms with van der Waals surface area (Å²) < 4.78 is 7.65. The Morgan fingerprint density at radius 1 is 1.30 bits per heavy atom. The minimum absolute atomic E-state index is 0. The number of carbonyl (C=O) groups is 1. The molecule has 0 radical (unpaired) electrons. The van der Waals surface area contributed by atoms with Crippen molar-refractivity contribution in [3.8, 4) is 5.75 Å². The molecule has 1 N–H and O–H groups in total. The zero-order valence-corrected chi connectivity index (χ0v) is 20.4. The van der Waals surface area contributed by atoms with Crippen LogP contribution in [0.3, 0.4) is 0 Å². The molecule has 1 saturated heterocycles. The normalized spacial score (nSPS) is 15.6. The zero-order chi connectivity index (χ0) is 20.8. The molecule has 1 unspecified atom stereocenters. The van der Waals surface area contributed by atoms with Crippen molar-refractivity contribution in [1.29, 1.82) is 0 Å². The molecule has 30 heavy (non-hydrogen) atoms. The summed E-state index contributed by atoms with van der Waals surface area (Å²) in [6.07, 6.45) is 3.51. The lowest BCUT2D eigenvalue weighted by molar-refractivity contribution is -0.120. The minimum Gasteiger partial charge on any atom is -0.489 e. The topological polar surface area (TPSA) is 75.0 Å². The maximum Gasteiger partial charge on any atom is 0.246 e. The number of anilines is 1. The van der Waals surface area contributed by atoms with E-state index in [0.29, 0.717) is 19.6 Å². The van der Waals surface area contributed by atoms with Crippen LogP contribution >= 0.6 is 24.0 Å². The van der Waals surface area contributed by atoms with Gasteiger partial charge in [-0.25, -0.2) is 4.99 Å². The van der Waals surface area contributed by atoms with Gasteiger partial charge in [-0.1, -0.05) is 17.7 Å². The van der Waals surface area contributed by atoms with E-state index in [0.717, 1.165) is 23.9 Å².